The second-order valence-electron chi connectivity index (χ2n) is 4.30. The lowest BCUT2D eigenvalue weighted by molar-refractivity contribution is -0.137. The highest BCUT2D eigenvalue weighted by molar-refractivity contribution is 5.78. The van der Waals surface area contributed by atoms with Crippen LogP contribution in [0, 0.1) is 0 Å². The highest BCUT2D eigenvalue weighted by Crippen LogP contribution is 1.96. The van der Waals surface area contributed by atoms with Crippen LogP contribution in [0.15, 0.2) is 0 Å². The van der Waals surface area contributed by atoms with E-state index in [0.717, 1.165) is 19.4 Å². The minimum atomic E-state index is -0.826. The quantitative estimate of drug-likeness (QED) is 0.637. The SMILES string of the molecule is CCCN(CCC(=O)O)CC(=O)NC(C)CC. The van der Waals surface area contributed by atoms with E-state index in [0.29, 0.717) is 6.54 Å². The van der Waals surface area contributed by atoms with Crippen LogP contribution in [0.3, 0.4) is 0 Å². The van der Waals surface area contributed by atoms with E-state index in [1.54, 1.807) is 0 Å². The van der Waals surface area contributed by atoms with Crippen molar-refractivity contribution in [3.63, 3.8) is 0 Å². The van der Waals surface area contributed by atoms with Crippen LogP contribution in [0.2, 0.25) is 0 Å². The van der Waals surface area contributed by atoms with E-state index in [9.17, 15) is 9.59 Å². The Morgan fingerprint density at radius 2 is 1.94 bits per heavy atom. The van der Waals surface area contributed by atoms with Gasteiger partial charge in [0.15, 0.2) is 0 Å². The molecule has 0 aromatic heterocycles. The maximum absolute atomic E-state index is 11.6. The molecule has 5 heteroatoms. The number of hydrogen-bond acceptors (Lipinski definition) is 3. The molecule has 0 aliphatic heterocycles. The van der Waals surface area contributed by atoms with Crippen LogP contribution in [0.25, 0.3) is 0 Å². The lowest BCUT2D eigenvalue weighted by Gasteiger charge is -2.21. The van der Waals surface area contributed by atoms with Crippen molar-refractivity contribution >= 4 is 11.9 Å². The van der Waals surface area contributed by atoms with Gasteiger partial charge in [0.05, 0.1) is 13.0 Å². The first-order chi connectivity index (χ1) is 7.99. The van der Waals surface area contributed by atoms with Gasteiger partial charge < -0.3 is 10.4 Å². The zero-order valence-electron chi connectivity index (χ0n) is 11.0. The van der Waals surface area contributed by atoms with Crippen molar-refractivity contribution in [2.24, 2.45) is 0 Å². The lowest BCUT2D eigenvalue weighted by Crippen LogP contribution is -2.41. The molecule has 0 fully saturated rings. The molecule has 0 saturated heterocycles. The number of amides is 1. The van der Waals surface area contributed by atoms with Crippen molar-refractivity contribution in [3.8, 4) is 0 Å². The van der Waals surface area contributed by atoms with E-state index in [2.05, 4.69) is 5.32 Å². The van der Waals surface area contributed by atoms with Gasteiger partial charge >= 0.3 is 5.97 Å². The van der Waals surface area contributed by atoms with Crippen LogP contribution in [-0.2, 0) is 9.59 Å². The summed E-state index contributed by atoms with van der Waals surface area (Å²) in [7, 11) is 0. The molecule has 0 rings (SSSR count). The number of aliphatic carboxylic acids is 1. The smallest absolute Gasteiger partial charge is 0.304 e. The monoisotopic (exact) mass is 244 g/mol. The summed E-state index contributed by atoms with van der Waals surface area (Å²) < 4.78 is 0. The molecule has 0 heterocycles. The molecular weight excluding hydrogens is 220 g/mol. The summed E-state index contributed by atoms with van der Waals surface area (Å²) in [5, 5.41) is 11.5. The molecule has 0 aromatic carbocycles. The third-order valence-corrected chi connectivity index (χ3v) is 2.57. The van der Waals surface area contributed by atoms with E-state index in [1.807, 2.05) is 25.7 Å². The Morgan fingerprint density at radius 3 is 2.41 bits per heavy atom. The summed E-state index contributed by atoms with van der Waals surface area (Å²) in [5.74, 6) is -0.855. The summed E-state index contributed by atoms with van der Waals surface area (Å²) in [4.78, 5) is 24.0. The van der Waals surface area contributed by atoms with Gasteiger partial charge in [0.25, 0.3) is 0 Å². The summed E-state index contributed by atoms with van der Waals surface area (Å²) >= 11 is 0. The molecule has 0 aromatic rings. The van der Waals surface area contributed by atoms with Crippen molar-refractivity contribution in [2.75, 3.05) is 19.6 Å². The molecule has 0 spiro atoms. The van der Waals surface area contributed by atoms with Gasteiger partial charge in [-0.15, -0.1) is 0 Å². The van der Waals surface area contributed by atoms with Crippen molar-refractivity contribution in [1.29, 1.82) is 0 Å². The summed E-state index contributed by atoms with van der Waals surface area (Å²) in [6.45, 7) is 7.45. The fourth-order valence-corrected chi connectivity index (χ4v) is 1.47. The van der Waals surface area contributed by atoms with Crippen LogP contribution in [0.1, 0.15) is 40.0 Å². The van der Waals surface area contributed by atoms with E-state index < -0.39 is 5.97 Å². The van der Waals surface area contributed by atoms with E-state index in [4.69, 9.17) is 5.11 Å². The Balaban J connectivity index is 4.04. The number of hydrogen-bond donors (Lipinski definition) is 2. The van der Waals surface area contributed by atoms with Crippen molar-refractivity contribution in [2.45, 2.75) is 46.1 Å². The minimum Gasteiger partial charge on any atom is -0.481 e. The van der Waals surface area contributed by atoms with Crippen LogP contribution >= 0.6 is 0 Å². The molecule has 0 bridgehead atoms. The average molecular weight is 244 g/mol. The maximum atomic E-state index is 11.6. The van der Waals surface area contributed by atoms with Crippen LogP contribution < -0.4 is 5.32 Å². The lowest BCUT2D eigenvalue weighted by atomic mass is 10.2. The van der Waals surface area contributed by atoms with Crippen molar-refractivity contribution in [1.82, 2.24) is 10.2 Å². The zero-order valence-corrected chi connectivity index (χ0v) is 11.0. The van der Waals surface area contributed by atoms with Crippen molar-refractivity contribution < 1.29 is 14.7 Å². The molecule has 17 heavy (non-hydrogen) atoms. The number of carbonyl (C=O) groups is 2. The normalized spacial score (nSPS) is 12.5. The number of carboxylic acids is 1. The van der Waals surface area contributed by atoms with Crippen molar-refractivity contribution in [3.05, 3.63) is 0 Å². The summed E-state index contributed by atoms with van der Waals surface area (Å²) in [5.41, 5.74) is 0. The third-order valence-electron chi connectivity index (χ3n) is 2.57. The largest absolute Gasteiger partial charge is 0.481 e. The zero-order chi connectivity index (χ0) is 13.3. The Labute approximate surface area is 103 Å². The van der Waals surface area contributed by atoms with E-state index in [-0.39, 0.29) is 24.9 Å². The number of carboxylic acid groups (broad SMARTS) is 1. The Bertz CT molecular complexity index is 244. The predicted octanol–water partition coefficient (Wildman–Crippen LogP) is 1.09. The second-order valence-corrected chi connectivity index (χ2v) is 4.30. The highest BCUT2D eigenvalue weighted by Gasteiger charge is 2.12. The fourth-order valence-electron chi connectivity index (χ4n) is 1.47. The van der Waals surface area contributed by atoms with Gasteiger partial charge in [0.2, 0.25) is 5.91 Å². The Kier molecular flexibility index (Phi) is 8.40. The minimum absolute atomic E-state index is 0.0295. The van der Waals surface area contributed by atoms with Gasteiger partial charge in [0, 0.05) is 12.6 Å². The average Bonchev–Trinajstić information content (AvgIpc) is 2.25. The predicted molar refractivity (Wildman–Crippen MR) is 66.9 cm³/mol. The van der Waals surface area contributed by atoms with Crippen LogP contribution in [0.4, 0.5) is 0 Å². The topological polar surface area (TPSA) is 69.6 Å². The first-order valence-corrected chi connectivity index (χ1v) is 6.23. The number of carbonyl (C=O) groups excluding carboxylic acids is 1. The third kappa shape index (κ3) is 8.68. The molecule has 0 aliphatic carbocycles. The van der Waals surface area contributed by atoms with Gasteiger partial charge in [-0.2, -0.15) is 0 Å². The standard InChI is InChI=1S/C12H24N2O3/c1-4-7-14(8-6-12(16)17)9-11(15)13-10(3)5-2/h10H,4-9H2,1-3H3,(H,13,15)(H,16,17). The molecular formula is C12H24N2O3. The van der Waals surface area contributed by atoms with E-state index >= 15 is 0 Å². The molecule has 1 unspecified atom stereocenters. The maximum Gasteiger partial charge on any atom is 0.304 e. The second kappa shape index (κ2) is 8.98. The molecule has 0 radical (unpaired) electrons. The summed E-state index contributed by atoms with van der Waals surface area (Å²) in [6, 6.07) is 0.172. The van der Waals surface area contributed by atoms with Gasteiger partial charge in [-0.1, -0.05) is 13.8 Å². The number of nitrogens with zero attached hydrogens (tertiary/aromatic N) is 1. The Hall–Kier alpha value is -1.10. The van der Waals surface area contributed by atoms with E-state index in [1.165, 1.54) is 0 Å². The molecule has 1 amide bonds. The van der Waals surface area contributed by atoms with Gasteiger partial charge in [-0.3, -0.25) is 14.5 Å². The first-order valence-electron chi connectivity index (χ1n) is 6.23. The summed E-state index contributed by atoms with van der Waals surface area (Å²) in [6.07, 6.45) is 1.89. The first kappa shape index (κ1) is 15.9. The number of nitrogens with one attached hydrogen (secondary N) is 1. The van der Waals surface area contributed by atoms with Gasteiger partial charge in [0.1, 0.15) is 0 Å². The van der Waals surface area contributed by atoms with Crippen LogP contribution in [-0.4, -0.2) is 47.6 Å². The van der Waals surface area contributed by atoms with Crippen LogP contribution in [0.5, 0.6) is 0 Å². The molecule has 5 nitrogen and oxygen atoms in total. The van der Waals surface area contributed by atoms with Gasteiger partial charge in [-0.05, 0) is 26.3 Å². The molecule has 0 aliphatic rings. The molecule has 100 valence electrons. The Morgan fingerprint density at radius 1 is 1.29 bits per heavy atom. The molecule has 1 atom stereocenters. The number of rotatable bonds is 9. The van der Waals surface area contributed by atoms with Gasteiger partial charge in [-0.25, -0.2) is 0 Å². The molecule has 0 saturated carbocycles. The fraction of sp³-hybridized carbons (Fsp3) is 0.833. The molecule has 2 N–H and O–H groups in total. The highest BCUT2D eigenvalue weighted by atomic mass is 16.4.